The minimum absolute atomic E-state index is 0.0122. The van der Waals surface area contributed by atoms with Gasteiger partial charge in [0.2, 0.25) is 5.91 Å². The van der Waals surface area contributed by atoms with Crippen LogP contribution in [0.3, 0.4) is 0 Å². The molecule has 0 saturated heterocycles. The van der Waals surface area contributed by atoms with Crippen molar-refractivity contribution in [3.63, 3.8) is 0 Å². The molecular formula is C23H25ClN2O. The monoisotopic (exact) mass is 380 g/mol. The van der Waals surface area contributed by atoms with Crippen LogP contribution in [-0.4, -0.2) is 16.5 Å². The first-order chi connectivity index (χ1) is 13.0. The maximum absolute atomic E-state index is 13.6. The molecule has 2 aromatic carbocycles. The van der Waals surface area contributed by atoms with Crippen LogP contribution in [0.25, 0.3) is 0 Å². The predicted molar refractivity (Wildman–Crippen MR) is 111 cm³/mol. The third-order valence-electron chi connectivity index (χ3n) is 4.82. The molecule has 0 aliphatic heterocycles. The molecule has 27 heavy (non-hydrogen) atoms. The highest BCUT2D eigenvalue weighted by Gasteiger charge is 2.41. The van der Waals surface area contributed by atoms with E-state index in [1.807, 2.05) is 93.0 Å². The van der Waals surface area contributed by atoms with Crippen molar-refractivity contribution in [1.29, 1.82) is 0 Å². The van der Waals surface area contributed by atoms with Crippen molar-refractivity contribution in [3.8, 4) is 0 Å². The van der Waals surface area contributed by atoms with Gasteiger partial charge in [0.05, 0.1) is 0 Å². The van der Waals surface area contributed by atoms with Gasteiger partial charge in [-0.05, 0) is 55.7 Å². The first-order valence-corrected chi connectivity index (χ1v) is 9.63. The molecule has 1 heterocycles. The fourth-order valence-electron chi connectivity index (χ4n) is 3.49. The first-order valence-electron chi connectivity index (χ1n) is 9.25. The number of carbonyl (C=O) groups is 1. The Hall–Kier alpha value is -2.52. The molecule has 4 heteroatoms. The van der Waals surface area contributed by atoms with Crippen LogP contribution in [0.2, 0.25) is 5.02 Å². The zero-order valence-corrected chi connectivity index (χ0v) is 16.5. The highest BCUT2D eigenvalue weighted by Crippen LogP contribution is 2.37. The van der Waals surface area contributed by atoms with Gasteiger partial charge in [-0.25, -0.2) is 0 Å². The molecule has 1 N–H and O–H groups in total. The van der Waals surface area contributed by atoms with Crippen molar-refractivity contribution in [2.24, 2.45) is 0 Å². The van der Waals surface area contributed by atoms with Crippen molar-refractivity contribution < 1.29 is 4.79 Å². The molecule has 0 saturated carbocycles. The van der Waals surface area contributed by atoms with Crippen LogP contribution in [-0.2, 0) is 16.8 Å². The van der Waals surface area contributed by atoms with Gasteiger partial charge in [0.25, 0.3) is 0 Å². The molecule has 3 aromatic rings. The van der Waals surface area contributed by atoms with Crippen molar-refractivity contribution in [1.82, 2.24) is 9.88 Å². The average molecular weight is 381 g/mol. The Kier molecular flexibility index (Phi) is 6.02. The van der Waals surface area contributed by atoms with Crippen molar-refractivity contribution in [3.05, 3.63) is 95.3 Å². The van der Waals surface area contributed by atoms with Gasteiger partial charge >= 0.3 is 0 Å². The maximum Gasteiger partial charge on any atom is 0.235 e. The van der Waals surface area contributed by atoms with E-state index in [1.165, 1.54) is 0 Å². The molecule has 3 rings (SSSR count). The molecule has 140 valence electrons. The lowest BCUT2D eigenvalue weighted by Crippen LogP contribution is -2.48. The normalized spacial score (nSPS) is 13.3. The minimum atomic E-state index is -0.791. The highest BCUT2D eigenvalue weighted by molar-refractivity contribution is 6.30. The molecule has 1 amide bonds. The van der Waals surface area contributed by atoms with Crippen LogP contribution in [0.5, 0.6) is 0 Å². The van der Waals surface area contributed by atoms with E-state index >= 15 is 0 Å². The maximum atomic E-state index is 13.6. The van der Waals surface area contributed by atoms with Crippen molar-refractivity contribution >= 4 is 17.5 Å². The molecule has 1 atom stereocenters. The molecule has 1 unspecified atom stereocenters. The Morgan fingerprint density at radius 3 is 2.15 bits per heavy atom. The molecule has 0 bridgehead atoms. The zero-order chi connectivity index (χ0) is 19.3. The van der Waals surface area contributed by atoms with Gasteiger partial charge in [-0.15, -0.1) is 0 Å². The van der Waals surface area contributed by atoms with Crippen LogP contribution in [0, 0.1) is 0 Å². The van der Waals surface area contributed by atoms with Crippen LogP contribution in [0.1, 0.15) is 31.4 Å². The summed E-state index contributed by atoms with van der Waals surface area (Å²) < 4.78 is 2.11. The summed E-state index contributed by atoms with van der Waals surface area (Å²) in [4.78, 5) is 13.6. The van der Waals surface area contributed by atoms with Gasteiger partial charge in [0.15, 0.2) is 0 Å². The van der Waals surface area contributed by atoms with E-state index in [2.05, 4.69) is 9.88 Å². The molecule has 0 fully saturated rings. The van der Waals surface area contributed by atoms with E-state index in [0.717, 1.165) is 17.7 Å². The van der Waals surface area contributed by atoms with Gasteiger partial charge in [-0.1, -0.05) is 54.1 Å². The summed E-state index contributed by atoms with van der Waals surface area (Å²) in [5.41, 5.74) is 1.14. The Morgan fingerprint density at radius 1 is 0.963 bits per heavy atom. The minimum Gasteiger partial charge on any atom is -0.354 e. The highest BCUT2D eigenvalue weighted by atomic mass is 35.5. The van der Waals surface area contributed by atoms with E-state index in [-0.39, 0.29) is 11.9 Å². The fraction of sp³-hybridized carbons (Fsp3) is 0.261. The lowest BCUT2D eigenvalue weighted by molar-refractivity contribution is -0.126. The fourth-order valence-corrected chi connectivity index (χ4v) is 3.62. The molecule has 3 nitrogen and oxygen atoms in total. The van der Waals surface area contributed by atoms with E-state index in [9.17, 15) is 4.79 Å². The van der Waals surface area contributed by atoms with Gasteiger partial charge in [0, 0.05) is 30.0 Å². The second-order valence-electron chi connectivity index (χ2n) is 7.08. The number of benzene rings is 2. The smallest absolute Gasteiger partial charge is 0.235 e. The molecular weight excluding hydrogens is 356 g/mol. The molecule has 0 spiro atoms. The molecule has 0 aliphatic carbocycles. The van der Waals surface area contributed by atoms with E-state index in [0.29, 0.717) is 11.4 Å². The number of amides is 1. The van der Waals surface area contributed by atoms with Crippen LogP contribution in [0.4, 0.5) is 0 Å². The number of aromatic nitrogens is 1. The zero-order valence-electron chi connectivity index (χ0n) is 15.7. The average Bonchev–Trinajstić information content (AvgIpc) is 3.17. The van der Waals surface area contributed by atoms with Crippen LogP contribution in [0.15, 0.2) is 79.1 Å². The van der Waals surface area contributed by atoms with Gasteiger partial charge < -0.3 is 9.88 Å². The summed E-state index contributed by atoms with van der Waals surface area (Å²) in [6.45, 7) is 4.71. The molecule has 1 aromatic heterocycles. The number of hydrogen-bond donors (Lipinski definition) is 1. The Balaban J connectivity index is 2.13. The third kappa shape index (κ3) is 4.25. The van der Waals surface area contributed by atoms with Crippen molar-refractivity contribution in [2.75, 3.05) is 0 Å². The second-order valence-corrected chi connectivity index (χ2v) is 7.51. The molecule has 0 aliphatic rings. The van der Waals surface area contributed by atoms with E-state index < -0.39 is 5.41 Å². The number of halogens is 1. The van der Waals surface area contributed by atoms with Crippen molar-refractivity contribution in [2.45, 2.75) is 38.3 Å². The van der Waals surface area contributed by atoms with Gasteiger partial charge in [-0.3, -0.25) is 4.79 Å². The topological polar surface area (TPSA) is 34.0 Å². The summed E-state index contributed by atoms with van der Waals surface area (Å²) in [6.07, 6.45) is 4.70. The number of rotatable bonds is 7. The summed E-state index contributed by atoms with van der Waals surface area (Å²) >= 11 is 6.13. The van der Waals surface area contributed by atoms with Gasteiger partial charge in [-0.2, -0.15) is 0 Å². The second kappa shape index (κ2) is 8.45. The number of nitrogens with one attached hydrogen (secondary N) is 1. The Morgan fingerprint density at radius 2 is 1.56 bits per heavy atom. The van der Waals surface area contributed by atoms with Crippen LogP contribution < -0.4 is 5.32 Å². The lowest BCUT2D eigenvalue weighted by Gasteiger charge is -2.35. The summed E-state index contributed by atoms with van der Waals surface area (Å²) in [7, 11) is 0. The number of aryl methyl sites for hydroxylation is 1. The standard InChI is InChI=1S/C23H25ClN2O/c1-18(2)25-22(27)23(19-8-4-3-5-9-19,14-17-26-15-6-7-16-26)20-10-12-21(24)13-11-20/h3-13,15-16,18H,14,17H2,1-2H3,(H,25,27). The largest absolute Gasteiger partial charge is 0.354 e. The summed E-state index contributed by atoms with van der Waals surface area (Å²) in [5, 5.41) is 3.81. The predicted octanol–water partition coefficient (Wildman–Crippen LogP) is 5.04. The number of hydrogen-bond acceptors (Lipinski definition) is 1. The first kappa shape index (κ1) is 19.2. The number of carbonyl (C=O) groups excluding carboxylic acids is 1. The van der Waals surface area contributed by atoms with E-state index in [4.69, 9.17) is 11.6 Å². The van der Waals surface area contributed by atoms with E-state index in [1.54, 1.807) is 0 Å². The SMILES string of the molecule is CC(C)NC(=O)C(CCn1cccc1)(c1ccccc1)c1ccc(Cl)cc1. The lowest BCUT2D eigenvalue weighted by atomic mass is 9.71. The molecule has 0 radical (unpaired) electrons. The van der Waals surface area contributed by atoms with Crippen LogP contribution >= 0.6 is 11.6 Å². The summed E-state index contributed by atoms with van der Waals surface area (Å²) in [6, 6.07) is 21.7. The Labute approximate surface area is 166 Å². The summed E-state index contributed by atoms with van der Waals surface area (Å²) in [5.74, 6) is 0.0122. The van der Waals surface area contributed by atoms with Gasteiger partial charge in [0.1, 0.15) is 5.41 Å². The Bertz CT molecular complexity index is 857. The third-order valence-corrected chi connectivity index (χ3v) is 5.07. The number of nitrogens with zero attached hydrogens (tertiary/aromatic N) is 1. The quantitative estimate of drug-likeness (QED) is 0.612.